The van der Waals surface area contributed by atoms with Gasteiger partial charge in [-0.2, -0.15) is 4.99 Å². The molecule has 1 aliphatic carbocycles. The van der Waals surface area contributed by atoms with Crippen LogP contribution >= 0.6 is 0 Å². The van der Waals surface area contributed by atoms with Gasteiger partial charge in [-0.05, 0) is 25.0 Å². The van der Waals surface area contributed by atoms with Crippen LogP contribution in [-0.4, -0.2) is 17.7 Å². The van der Waals surface area contributed by atoms with Gasteiger partial charge in [0.2, 0.25) is 0 Å². The van der Waals surface area contributed by atoms with Crippen LogP contribution < -0.4 is 10.5 Å². The number of hydrogen-bond acceptors (Lipinski definition) is 3. The van der Waals surface area contributed by atoms with Crippen molar-refractivity contribution in [3.8, 4) is 5.75 Å². The lowest BCUT2D eigenvalue weighted by atomic mass is 9.81. The minimum atomic E-state index is -0.801. The molecule has 0 unspecified atom stereocenters. The number of carbonyl (C=O) groups is 2. The smallest absolute Gasteiger partial charge is 0.409 e. The van der Waals surface area contributed by atoms with Crippen LogP contribution in [0, 0.1) is 5.92 Å². The Bertz CT molecular complexity index is 493. The molecule has 100 valence electrons. The summed E-state index contributed by atoms with van der Waals surface area (Å²) in [6, 6.07) is 8.59. The topological polar surface area (TPSA) is 81.8 Å². The molecule has 2 rings (SSSR count). The second kappa shape index (κ2) is 6.13. The summed E-state index contributed by atoms with van der Waals surface area (Å²) in [5.74, 6) is 0.561. The summed E-state index contributed by atoms with van der Waals surface area (Å²) in [6.45, 7) is 0. The maximum atomic E-state index is 11.7. The predicted molar refractivity (Wildman–Crippen MR) is 71.1 cm³/mol. The summed E-state index contributed by atoms with van der Waals surface area (Å²) in [7, 11) is 0. The van der Waals surface area contributed by atoms with Gasteiger partial charge in [0.05, 0.1) is 6.42 Å². The number of ketones is 1. The zero-order chi connectivity index (χ0) is 13.7. The standard InChI is InChI=1S/C14H16N2O3/c15-13(9-12(17)10-5-4-6-10)16-14(18)19-11-7-2-1-3-8-11/h1-3,7-8,10H,4-6,9H2,(H2,15,16,18). The second-order valence-corrected chi connectivity index (χ2v) is 4.56. The van der Waals surface area contributed by atoms with Crippen LogP contribution in [0.15, 0.2) is 35.3 Å². The van der Waals surface area contributed by atoms with Crippen LogP contribution in [0.5, 0.6) is 5.75 Å². The minimum Gasteiger partial charge on any atom is -0.409 e. The average molecular weight is 260 g/mol. The first-order valence-corrected chi connectivity index (χ1v) is 6.28. The van der Waals surface area contributed by atoms with Crippen LogP contribution in [0.25, 0.3) is 0 Å². The molecule has 1 aromatic rings. The summed E-state index contributed by atoms with van der Waals surface area (Å²) in [5.41, 5.74) is 5.57. The van der Waals surface area contributed by atoms with Crippen molar-refractivity contribution in [2.24, 2.45) is 16.6 Å². The number of para-hydroxylation sites is 1. The molecule has 1 amide bonds. The Balaban J connectivity index is 1.85. The molecule has 0 bridgehead atoms. The number of carbonyl (C=O) groups excluding carboxylic acids is 2. The fourth-order valence-corrected chi connectivity index (χ4v) is 1.82. The van der Waals surface area contributed by atoms with E-state index in [0.717, 1.165) is 19.3 Å². The van der Waals surface area contributed by atoms with Crippen molar-refractivity contribution in [2.75, 3.05) is 0 Å². The number of amides is 1. The third-order valence-corrected chi connectivity index (χ3v) is 3.10. The van der Waals surface area contributed by atoms with E-state index in [-0.39, 0.29) is 24.0 Å². The number of hydrogen-bond donors (Lipinski definition) is 1. The molecule has 0 saturated heterocycles. The first-order valence-electron chi connectivity index (χ1n) is 6.28. The Kier molecular flexibility index (Phi) is 4.28. The van der Waals surface area contributed by atoms with E-state index in [2.05, 4.69) is 4.99 Å². The molecule has 0 radical (unpaired) electrons. The molecular formula is C14H16N2O3. The summed E-state index contributed by atoms with van der Waals surface area (Å²) < 4.78 is 4.95. The van der Waals surface area contributed by atoms with Gasteiger partial charge in [-0.25, -0.2) is 4.79 Å². The van der Waals surface area contributed by atoms with Crippen molar-refractivity contribution in [3.05, 3.63) is 30.3 Å². The lowest BCUT2D eigenvalue weighted by molar-refractivity contribution is -0.123. The highest BCUT2D eigenvalue weighted by Crippen LogP contribution is 2.27. The van der Waals surface area contributed by atoms with Crippen LogP contribution in [0.1, 0.15) is 25.7 Å². The Morgan fingerprint density at radius 1 is 1.26 bits per heavy atom. The van der Waals surface area contributed by atoms with Gasteiger partial charge in [0, 0.05) is 5.92 Å². The summed E-state index contributed by atoms with van der Waals surface area (Å²) >= 11 is 0. The van der Waals surface area contributed by atoms with E-state index in [4.69, 9.17) is 10.5 Å². The number of Topliss-reactive ketones (excluding diaryl/α,β-unsaturated/α-hetero) is 1. The molecule has 1 saturated carbocycles. The van der Waals surface area contributed by atoms with E-state index in [1.165, 1.54) is 0 Å². The van der Waals surface area contributed by atoms with Gasteiger partial charge in [0.15, 0.2) is 0 Å². The molecule has 1 aromatic carbocycles. The fourth-order valence-electron chi connectivity index (χ4n) is 1.82. The maximum absolute atomic E-state index is 11.7. The predicted octanol–water partition coefficient (Wildman–Crippen LogP) is 2.30. The van der Waals surface area contributed by atoms with Gasteiger partial charge in [-0.1, -0.05) is 24.6 Å². The third-order valence-electron chi connectivity index (χ3n) is 3.10. The monoisotopic (exact) mass is 260 g/mol. The summed E-state index contributed by atoms with van der Waals surface area (Å²) in [6.07, 6.45) is 2.14. The van der Waals surface area contributed by atoms with E-state index in [1.807, 2.05) is 6.07 Å². The minimum absolute atomic E-state index is 0.0119. The molecule has 0 spiro atoms. The van der Waals surface area contributed by atoms with Gasteiger partial charge < -0.3 is 10.5 Å². The number of nitrogens with two attached hydrogens (primary N) is 1. The maximum Gasteiger partial charge on any atom is 0.440 e. The largest absolute Gasteiger partial charge is 0.440 e. The average Bonchev–Trinajstić information content (AvgIpc) is 2.26. The number of ether oxygens (including phenoxy) is 1. The SMILES string of the molecule is NC(CC(=O)C1CCC1)=NC(=O)Oc1ccccc1. The Labute approximate surface area is 111 Å². The van der Waals surface area contributed by atoms with E-state index < -0.39 is 6.09 Å². The summed E-state index contributed by atoms with van der Waals surface area (Å²) in [5, 5.41) is 0. The molecule has 2 N–H and O–H groups in total. The highest BCUT2D eigenvalue weighted by molar-refractivity contribution is 6.04. The lowest BCUT2D eigenvalue weighted by Crippen LogP contribution is -2.27. The normalized spacial score (nSPS) is 15.7. The number of benzene rings is 1. The highest BCUT2D eigenvalue weighted by atomic mass is 16.5. The van der Waals surface area contributed by atoms with Crippen LogP contribution in [0.3, 0.4) is 0 Å². The second-order valence-electron chi connectivity index (χ2n) is 4.56. The van der Waals surface area contributed by atoms with Crippen molar-refractivity contribution in [2.45, 2.75) is 25.7 Å². The fraction of sp³-hybridized carbons (Fsp3) is 0.357. The van der Waals surface area contributed by atoms with Crippen LogP contribution in [0.4, 0.5) is 4.79 Å². The highest BCUT2D eigenvalue weighted by Gasteiger charge is 2.25. The number of nitrogens with zero attached hydrogens (tertiary/aromatic N) is 1. The van der Waals surface area contributed by atoms with Gasteiger partial charge >= 0.3 is 6.09 Å². The van der Waals surface area contributed by atoms with E-state index in [1.54, 1.807) is 24.3 Å². The number of amidine groups is 1. The third kappa shape index (κ3) is 3.91. The Morgan fingerprint density at radius 3 is 2.53 bits per heavy atom. The van der Waals surface area contributed by atoms with E-state index in [9.17, 15) is 9.59 Å². The molecule has 5 nitrogen and oxygen atoms in total. The van der Waals surface area contributed by atoms with Crippen molar-refractivity contribution >= 4 is 17.7 Å². The van der Waals surface area contributed by atoms with E-state index in [0.29, 0.717) is 5.75 Å². The van der Waals surface area contributed by atoms with Gasteiger partial charge in [-0.15, -0.1) is 0 Å². The van der Waals surface area contributed by atoms with Crippen molar-refractivity contribution in [1.82, 2.24) is 0 Å². The molecule has 1 fully saturated rings. The first-order chi connectivity index (χ1) is 9.15. The molecule has 0 heterocycles. The summed E-state index contributed by atoms with van der Waals surface area (Å²) in [4.78, 5) is 26.7. The quantitative estimate of drug-likeness (QED) is 0.665. The number of rotatable bonds is 4. The first kappa shape index (κ1) is 13.3. The van der Waals surface area contributed by atoms with Gasteiger partial charge in [-0.3, -0.25) is 4.79 Å². The zero-order valence-electron chi connectivity index (χ0n) is 10.5. The molecule has 1 aliphatic rings. The molecule has 5 heteroatoms. The molecule has 19 heavy (non-hydrogen) atoms. The van der Waals surface area contributed by atoms with Gasteiger partial charge in [0.1, 0.15) is 17.4 Å². The van der Waals surface area contributed by atoms with Crippen molar-refractivity contribution < 1.29 is 14.3 Å². The van der Waals surface area contributed by atoms with Crippen LogP contribution in [-0.2, 0) is 4.79 Å². The van der Waals surface area contributed by atoms with Crippen molar-refractivity contribution in [3.63, 3.8) is 0 Å². The zero-order valence-corrected chi connectivity index (χ0v) is 10.5. The molecule has 0 atom stereocenters. The van der Waals surface area contributed by atoms with Crippen molar-refractivity contribution in [1.29, 1.82) is 0 Å². The number of aliphatic imine (C=N–C) groups is 1. The van der Waals surface area contributed by atoms with Gasteiger partial charge in [0.25, 0.3) is 0 Å². The molecule has 0 aromatic heterocycles. The lowest BCUT2D eigenvalue weighted by Gasteiger charge is -2.23. The Morgan fingerprint density at radius 2 is 1.95 bits per heavy atom. The molecule has 0 aliphatic heterocycles. The molecular weight excluding hydrogens is 244 g/mol. The Hall–Kier alpha value is -2.17. The van der Waals surface area contributed by atoms with E-state index >= 15 is 0 Å². The van der Waals surface area contributed by atoms with Crippen LogP contribution in [0.2, 0.25) is 0 Å².